The standard InChI is InChI=1S/C20H18ClFN2O3S2/c21-15-10-12(22)6-7-14(15)18-17(24-20(29-18)19-23-8-9-28-19)16(27)5-3-1-2-4-13(26)11-25/h6-10,25H,1-5,11H2. The van der Waals surface area contributed by atoms with E-state index in [9.17, 15) is 14.0 Å². The lowest BCUT2D eigenvalue weighted by Gasteiger charge is -2.05. The van der Waals surface area contributed by atoms with Crippen LogP contribution in [0.4, 0.5) is 4.39 Å². The molecule has 3 aromatic rings. The highest BCUT2D eigenvalue weighted by atomic mass is 35.5. The Morgan fingerprint density at radius 3 is 2.62 bits per heavy atom. The maximum Gasteiger partial charge on any atom is 0.182 e. The maximum atomic E-state index is 13.5. The number of aliphatic hydroxyl groups excluding tert-OH is 1. The summed E-state index contributed by atoms with van der Waals surface area (Å²) in [6.45, 7) is -0.445. The molecule has 0 saturated heterocycles. The summed E-state index contributed by atoms with van der Waals surface area (Å²) in [6, 6.07) is 4.07. The molecule has 0 spiro atoms. The topological polar surface area (TPSA) is 80.1 Å². The van der Waals surface area contributed by atoms with Gasteiger partial charge in [-0.1, -0.05) is 18.0 Å². The molecule has 0 fully saturated rings. The molecule has 1 N–H and O–H groups in total. The van der Waals surface area contributed by atoms with Crippen LogP contribution in [0.25, 0.3) is 20.5 Å². The van der Waals surface area contributed by atoms with Crippen LogP contribution in [-0.2, 0) is 4.79 Å². The summed E-state index contributed by atoms with van der Waals surface area (Å²) in [5, 5.41) is 12.1. The fraction of sp³-hybridized carbons (Fsp3) is 0.300. The van der Waals surface area contributed by atoms with E-state index in [0.717, 1.165) is 0 Å². The molecule has 3 rings (SSSR count). The number of carbonyl (C=O) groups is 2. The molecule has 2 heterocycles. The molecule has 0 aliphatic heterocycles. The molecular formula is C20H18ClFN2O3S2. The van der Waals surface area contributed by atoms with Gasteiger partial charge >= 0.3 is 0 Å². The van der Waals surface area contributed by atoms with Crippen molar-refractivity contribution >= 4 is 45.8 Å². The van der Waals surface area contributed by atoms with Crippen LogP contribution in [0.2, 0.25) is 5.02 Å². The van der Waals surface area contributed by atoms with Crippen molar-refractivity contribution in [3.63, 3.8) is 0 Å². The fourth-order valence-electron chi connectivity index (χ4n) is 2.77. The number of nitrogens with zero attached hydrogens (tertiary/aromatic N) is 2. The number of ketones is 2. The lowest BCUT2D eigenvalue weighted by atomic mass is 10.0. The van der Waals surface area contributed by atoms with Crippen molar-refractivity contribution in [2.24, 2.45) is 0 Å². The number of aliphatic hydroxyl groups is 1. The van der Waals surface area contributed by atoms with Gasteiger partial charge in [0.1, 0.15) is 18.1 Å². The van der Waals surface area contributed by atoms with Crippen LogP contribution in [-0.4, -0.2) is 33.2 Å². The van der Waals surface area contributed by atoms with Gasteiger partial charge in [0.15, 0.2) is 21.6 Å². The predicted molar refractivity (Wildman–Crippen MR) is 113 cm³/mol. The molecular weight excluding hydrogens is 435 g/mol. The number of thiazole rings is 2. The van der Waals surface area contributed by atoms with Crippen LogP contribution in [0, 0.1) is 5.82 Å². The van der Waals surface area contributed by atoms with E-state index >= 15 is 0 Å². The summed E-state index contributed by atoms with van der Waals surface area (Å²) in [7, 11) is 0. The number of rotatable bonds is 10. The van der Waals surface area contributed by atoms with Gasteiger partial charge in [-0.25, -0.2) is 14.4 Å². The summed E-state index contributed by atoms with van der Waals surface area (Å²) in [4.78, 5) is 33.3. The third-order valence-electron chi connectivity index (χ3n) is 4.22. The number of halogens is 2. The Bertz CT molecular complexity index is 1010. The molecule has 152 valence electrons. The zero-order chi connectivity index (χ0) is 20.8. The second kappa shape index (κ2) is 10.2. The van der Waals surface area contributed by atoms with Gasteiger partial charge in [0.2, 0.25) is 0 Å². The van der Waals surface area contributed by atoms with Gasteiger partial charge in [-0.15, -0.1) is 22.7 Å². The molecule has 0 unspecified atom stereocenters. The quantitative estimate of drug-likeness (QED) is 0.328. The highest BCUT2D eigenvalue weighted by Gasteiger charge is 2.22. The van der Waals surface area contributed by atoms with Gasteiger partial charge in [0, 0.05) is 30.0 Å². The molecule has 0 aliphatic rings. The van der Waals surface area contributed by atoms with Crippen molar-refractivity contribution in [1.29, 1.82) is 0 Å². The second-order valence-corrected chi connectivity index (χ2v) is 8.64. The Morgan fingerprint density at radius 2 is 1.93 bits per heavy atom. The minimum Gasteiger partial charge on any atom is -0.389 e. The first kappa shape index (κ1) is 21.7. The first-order valence-corrected chi connectivity index (χ1v) is 11.1. The fourth-order valence-corrected chi connectivity index (χ4v) is 4.89. The van der Waals surface area contributed by atoms with Crippen molar-refractivity contribution in [1.82, 2.24) is 9.97 Å². The molecule has 0 aliphatic carbocycles. The Morgan fingerprint density at radius 1 is 1.14 bits per heavy atom. The van der Waals surface area contributed by atoms with Gasteiger partial charge in [0.25, 0.3) is 0 Å². The van der Waals surface area contributed by atoms with Crippen LogP contribution >= 0.6 is 34.3 Å². The van der Waals surface area contributed by atoms with Crippen molar-refractivity contribution in [3.05, 3.63) is 46.3 Å². The number of benzene rings is 1. The largest absolute Gasteiger partial charge is 0.389 e. The zero-order valence-electron chi connectivity index (χ0n) is 15.4. The zero-order valence-corrected chi connectivity index (χ0v) is 17.7. The van der Waals surface area contributed by atoms with Crippen molar-refractivity contribution in [3.8, 4) is 20.5 Å². The van der Waals surface area contributed by atoms with E-state index in [4.69, 9.17) is 16.7 Å². The van der Waals surface area contributed by atoms with E-state index < -0.39 is 12.4 Å². The molecule has 29 heavy (non-hydrogen) atoms. The third kappa shape index (κ3) is 5.54. The van der Waals surface area contributed by atoms with E-state index in [1.807, 2.05) is 5.38 Å². The highest BCUT2D eigenvalue weighted by molar-refractivity contribution is 7.22. The molecule has 2 aromatic heterocycles. The number of carbonyl (C=O) groups excluding carboxylic acids is 2. The average molecular weight is 453 g/mol. The molecule has 0 radical (unpaired) electrons. The Balaban J connectivity index is 1.81. The normalized spacial score (nSPS) is 11.0. The van der Waals surface area contributed by atoms with Gasteiger partial charge in [-0.3, -0.25) is 9.59 Å². The van der Waals surface area contributed by atoms with Crippen LogP contribution < -0.4 is 0 Å². The minimum atomic E-state index is -0.450. The van der Waals surface area contributed by atoms with Gasteiger partial charge in [-0.05, 0) is 31.0 Å². The van der Waals surface area contributed by atoms with E-state index in [-0.39, 0.29) is 23.0 Å². The van der Waals surface area contributed by atoms with Crippen LogP contribution in [0.1, 0.15) is 42.6 Å². The summed E-state index contributed by atoms with van der Waals surface area (Å²) in [5.74, 6) is -0.779. The predicted octanol–water partition coefficient (Wildman–Crippen LogP) is 5.42. The maximum absolute atomic E-state index is 13.5. The van der Waals surface area contributed by atoms with Gasteiger partial charge < -0.3 is 5.11 Å². The first-order chi connectivity index (χ1) is 14.0. The Kier molecular flexibility index (Phi) is 7.60. The minimum absolute atomic E-state index is 0.132. The number of aromatic nitrogens is 2. The number of hydrogen-bond donors (Lipinski definition) is 1. The first-order valence-electron chi connectivity index (χ1n) is 9.01. The van der Waals surface area contributed by atoms with E-state index in [1.165, 1.54) is 34.8 Å². The van der Waals surface area contributed by atoms with E-state index in [1.54, 1.807) is 12.3 Å². The second-order valence-electron chi connectivity index (χ2n) is 6.34. The van der Waals surface area contributed by atoms with E-state index in [0.29, 0.717) is 51.8 Å². The summed E-state index contributed by atoms with van der Waals surface area (Å²) < 4.78 is 13.5. The number of unbranched alkanes of at least 4 members (excludes halogenated alkanes) is 2. The molecule has 0 saturated carbocycles. The monoisotopic (exact) mass is 452 g/mol. The Hall–Kier alpha value is -2.00. The third-order valence-corrected chi connectivity index (χ3v) is 6.54. The van der Waals surface area contributed by atoms with Crippen molar-refractivity contribution < 1.29 is 19.1 Å². The smallest absolute Gasteiger partial charge is 0.182 e. The summed E-state index contributed by atoms with van der Waals surface area (Å²) >= 11 is 8.95. The SMILES string of the molecule is O=C(CO)CCCCCC(=O)c1nc(-c2nccs2)sc1-c1ccc(F)cc1Cl. The van der Waals surface area contributed by atoms with Crippen LogP contribution in [0.15, 0.2) is 29.8 Å². The molecule has 0 atom stereocenters. The molecule has 0 amide bonds. The highest BCUT2D eigenvalue weighted by Crippen LogP contribution is 2.40. The summed E-state index contributed by atoms with van der Waals surface area (Å²) in [5.41, 5.74) is 0.866. The molecule has 9 heteroatoms. The average Bonchev–Trinajstić information content (AvgIpc) is 3.37. The van der Waals surface area contributed by atoms with E-state index in [2.05, 4.69) is 9.97 Å². The molecule has 1 aromatic carbocycles. The van der Waals surface area contributed by atoms with Gasteiger partial charge in [-0.2, -0.15) is 0 Å². The van der Waals surface area contributed by atoms with Gasteiger partial charge in [0.05, 0.1) is 9.90 Å². The molecule has 0 bridgehead atoms. The number of hydrogen-bond acceptors (Lipinski definition) is 7. The van der Waals surface area contributed by atoms with Crippen LogP contribution in [0.5, 0.6) is 0 Å². The van der Waals surface area contributed by atoms with Crippen molar-refractivity contribution in [2.45, 2.75) is 32.1 Å². The van der Waals surface area contributed by atoms with Crippen molar-refractivity contribution in [2.75, 3.05) is 6.61 Å². The Labute approximate surface area is 180 Å². The van der Waals surface area contributed by atoms with Crippen LogP contribution in [0.3, 0.4) is 0 Å². The molecule has 5 nitrogen and oxygen atoms in total. The summed E-state index contributed by atoms with van der Waals surface area (Å²) in [6.07, 6.45) is 4.20. The lowest BCUT2D eigenvalue weighted by Crippen LogP contribution is -2.04. The lowest BCUT2D eigenvalue weighted by molar-refractivity contribution is -0.121. The number of Topliss-reactive ketones (excluding diaryl/α,β-unsaturated/α-hetero) is 2.